The second-order valence-electron chi connectivity index (χ2n) is 8.42. The Bertz CT molecular complexity index is 1560. The lowest BCUT2D eigenvalue weighted by atomic mass is 9.96. The lowest BCUT2D eigenvalue weighted by molar-refractivity contribution is -0.137. The maximum Gasteiger partial charge on any atom is 0.306 e. The normalized spacial score (nSPS) is 14.5. The van der Waals surface area contributed by atoms with Gasteiger partial charge in [-0.25, -0.2) is 0 Å². The van der Waals surface area contributed by atoms with Crippen LogP contribution in [0, 0.1) is 32.1 Å². The maximum atomic E-state index is 11.7. The summed E-state index contributed by atoms with van der Waals surface area (Å²) in [5.74, 6) is 0.312. The molecule has 0 amide bonds. The molecule has 3 heterocycles. The first-order valence-electron chi connectivity index (χ1n) is 10.9. The van der Waals surface area contributed by atoms with Gasteiger partial charge in [-0.1, -0.05) is 24.3 Å². The van der Waals surface area contributed by atoms with Gasteiger partial charge in [-0.2, -0.15) is 5.26 Å². The Morgan fingerprint density at radius 2 is 1.83 bits per heavy atom. The zero-order valence-corrected chi connectivity index (χ0v) is 20.1. The van der Waals surface area contributed by atoms with E-state index < -0.39 is 12.0 Å². The van der Waals surface area contributed by atoms with Crippen molar-refractivity contribution >= 4 is 23.0 Å². The first-order chi connectivity index (χ1) is 16.8. The van der Waals surface area contributed by atoms with Gasteiger partial charge in [-0.05, 0) is 50.1 Å². The van der Waals surface area contributed by atoms with Crippen LogP contribution < -0.4 is 0 Å². The third-order valence-electron chi connectivity index (χ3n) is 6.20. The fraction of sp³-hybridized carbons (Fsp3) is 0.192. The Morgan fingerprint density at radius 1 is 1.11 bits per heavy atom. The molecule has 1 atom stereocenters. The molecule has 4 aromatic rings. The van der Waals surface area contributed by atoms with E-state index in [0.29, 0.717) is 28.5 Å². The SMILES string of the molecule is Cc1sc2c(c1C)C(c1ccc(-c3cc(C#N)ccc3O)cc1)=N[C@@H](CC(=O)O)c1nnc(C)n1-2. The fourth-order valence-electron chi connectivity index (χ4n) is 4.33. The fourth-order valence-corrected chi connectivity index (χ4v) is 5.55. The quantitative estimate of drug-likeness (QED) is 0.427. The van der Waals surface area contributed by atoms with Crippen molar-refractivity contribution in [1.29, 1.82) is 5.26 Å². The molecule has 0 radical (unpaired) electrons. The summed E-state index contributed by atoms with van der Waals surface area (Å²) in [5, 5.41) is 38.6. The van der Waals surface area contributed by atoms with Crippen LogP contribution in [0.2, 0.25) is 0 Å². The number of phenolic OH excluding ortho intramolecular Hbond substituents is 1. The summed E-state index contributed by atoms with van der Waals surface area (Å²) in [7, 11) is 0. The van der Waals surface area contributed by atoms with Gasteiger partial charge in [0, 0.05) is 21.6 Å². The molecule has 0 unspecified atom stereocenters. The molecule has 2 aromatic carbocycles. The Hall–Kier alpha value is -4.29. The summed E-state index contributed by atoms with van der Waals surface area (Å²) in [6, 6.07) is 13.7. The molecule has 9 heteroatoms. The Balaban J connectivity index is 1.68. The molecule has 35 heavy (non-hydrogen) atoms. The number of nitrogens with zero attached hydrogens (tertiary/aromatic N) is 5. The number of hydrogen-bond acceptors (Lipinski definition) is 7. The van der Waals surface area contributed by atoms with Crippen LogP contribution >= 0.6 is 11.3 Å². The molecule has 0 bridgehead atoms. The van der Waals surface area contributed by atoms with Gasteiger partial charge in [-0.3, -0.25) is 14.4 Å². The highest BCUT2D eigenvalue weighted by atomic mass is 32.1. The molecule has 0 saturated carbocycles. The first-order valence-corrected chi connectivity index (χ1v) is 11.8. The second-order valence-corrected chi connectivity index (χ2v) is 9.62. The van der Waals surface area contributed by atoms with Gasteiger partial charge in [0.15, 0.2) is 5.82 Å². The molecule has 2 N–H and O–H groups in total. The minimum absolute atomic E-state index is 0.0880. The van der Waals surface area contributed by atoms with Crippen molar-refractivity contribution < 1.29 is 15.0 Å². The van der Waals surface area contributed by atoms with E-state index in [1.165, 1.54) is 6.07 Å². The second kappa shape index (κ2) is 8.49. The summed E-state index contributed by atoms with van der Waals surface area (Å²) in [6.07, 6.45) is -0.207. The van der Waals surface area contributed by atoms with E-state index in [4.69, 9.17) is 4.99 Å². The average molecular weight is 484 g/mol. The molecule has 1 aliphatic heterocycles. The van der Waals surface area contributed by atoms with E-state index in [0.717, 1.165) is 32.1 Å². The highest BCUT2D eigenvalue weighted by Gasteiger charge is 2.32. The van der Waals surface area contributed by atoms with Crippen molar-refractivity contribution in [3.05, 3.63) is 81.2 Å². The van der Waals surface area contributed by atoms with E-state index in [1.807, 2.05) is 49.6 Å². The summed E-state index contributed by atoms with van der Waals surface area (Å²) < 4.78 is 1.92. The molecular weight excluding hydrogens is 462 g/mol. The van der Waals surface area contributed by atoms with Gasteiger partial charge < -0.3 is 10.2 Å². The number of carbonyl (C=O) groups is 1. The lowest BCUT2D eigenvalue weighted by Crippen LogP contribution is -2.10. The number of rotatable bonds is 4. The molecule has 0 aliphatic carbocycles. The van der Waals surface area contributed by atoms with Gasteiger partial charge in [0.05, 0.1) is 23.8 Å². The van der Waals surface area contributed by atoms with Crippen molar-refractivity contribution in [3.63, 3.8) is 0 Å². The molecule has 1 aliphatic rings. The van der Waals surface area contributed by atoms with Gasteiger partial charge in [0.25, 0.3) is 0 Å². The number of phenols is 1. The Labute approximate surface area is 205 Å². The summed E-state index contributed by atoms with van der Waals surface area (Å²) in [5.41, 5.74) is 5.30. The predicted molar refractivity (Wildman–Crippen MR) is 132 cm³/mol. The number of carboxylic acid groups (broad SMARTS) is 1. The maximum absolute atomic E-state index is 11.7. The smallest absolute Gasteiger partial charge is 0.306 e. The van der Waals surface area contributed by atoms with Crippen LogP contribution in [0.15, 0.2) is 47.5 Å². The van der Waals surface area contributed by atoms with Gasteiger partial charge >= 0.3 is 5.97 Å². The minimum Gasteiger partial charge on any atom is -0.507 e. The van der Waals surface area contributed by atoms with Gasteiger partial charge in [0.1, 0.15) is 22.6 Å². The third kappa shape index (κ3) is 3.78. The molecule has 174 valence electrons. The number of aryl methyl sites for hydroxylation is 2. The number of carboxylic acids is 1. The number of fused-ring (bicyclic) bond motifs is 3. The van der Waals surface area contributed by atoms with Crippen molar-refractivity contribution in [2.75, 3.05) is 0 Å². The van der Waals surface area contributed by atoms with E-state index >= 15 is 0 Å². The van der Waals surface area contributed by atoms with Crippen molar-refractivity contribution in [3.8, 4) is 27.9 Å². The molecule has 2 aromatic heterocycles. The predicted octanol–water partition coefficient (Wildman–Crippen LogP) is 4.87. The van der Waals surface area contributed by atoms with Crippen LogP contribution in [0.1, 0.15) is 51.2 Å². The third-order valence-corrected chi connectivity index (χ3v) is 7.39. The number of aliphatic imine (C=N–C) groups is 1. The van der Waals surface area contributed by atoms with E-state index in [9.17, 15) is 20.3 Å². The number of aliphatic carboxylic acids is 1. The molecular formula is C26H21N5O3S. The highest BCUT2D eigenvalue weighted by molar-refractivity contribution is 7.15. The lowest BCUT2D eigenvalue weighted by Gasteiger charge is -2.12. The van der Waals surface area contributed by atoms with E-state index in [-0.39, 0.29) is 12.2 Å². The largest absolute Gasteiger partial charge is 0.507 e. The number of nitriles is 1. The molecule has 8 nitrogen and oxygen atoms in total. The average Bonchev–Trinajstić information content (AvgIpc) is 3.31. The Morgan fingerprint density at radius 3 is 2.51 bits per heavy atom. The highest BCUT2D eigenvalue weighted by Crippen LogP contribution is 2.40. The van der Waals surface area contributed by atoms with E-state index in [2.05, 4.69) is 16.3 Å². The standard InChI is InChI=1S/C26H21N5O3S/c1-13-14(2)35-26-23(13)24(28-20(11-22(33)34)25-30-29-15(3)31(25)26)18-7-5-17(6-8-18)19-10-16(12-27)4-9-21(19)32/h4-10,20,32H,11H2,1-3H3,(H,33,34)/t20-/m0/s1. The summed E-state index contributed by atoms with van der Waals surface area (Å²) in [4.78, 5) is 17.7. The van der Waals surface area contributed by atoms with Crippen LogP contribution in [0.4, 0.5) is 0 Å². The minimum atomic E-state index is -0.966. The van der Waals surface area contributed by atoms with Gasteiger partial charge in [-0.15, -0.1) is 21.5 Å². The first kappa shape index (κ1) is 22.5. The number of benzene rings is 2. The number of thiophene rings is 1. The van der Waals surface area contributed by atoms with Crippen LogP contribution in [0.25, 0.3) is 16.1 Å². The van der Waals surface area contributed by atoms with Crippen molar-refractivity contribution in [1.82, 2.24) is 14.8 Å². The van der Waals surface area contributed by atoms with Gasteiger partial charge in [0.2, 0.25) is 0 Å². The van der Waals surface area contributed by atoms with Crippen molar-refractivity contribution in [2.24, 2.45) is 4.99 Å². The topological polar surface area (TPSA) is 124 Å². The van der Waals surface area contributed by atoms with Crippen LogP contribution in [-0.2, 0) is 4.79 Å². The molecule has 0 saturated heterocycles. The van der Waals surface area contributed by atoms with E-state index in [1.54, 1.807) is 23.5 Å². The molecule has 0 spiro atoms. The van der Waals surface area contributed by atoms with Crippen LogP contribution in [0.5, 0.6) is 5.75 Å². The summed E-state index contributed by atoms with van der Waals surface area (Å²) >= 11 is 1.61. The monoisotopic (exact) mass is 483 g/mol. The van der Waals surface area contributed by atoms with Crippen LogP contribution in [-0.4, -0.2) is 36.7 Å². The Kier molecular flexibility index (Phi) is 5.46. The number of hydrogen-bond donors (Lipinski definition) is 2. The molecule has 5 rings (SSSR count). The molecule has 0 fully saturated rings. The van der Waals surface area contributed by atoms with Crippen molar-refractivity contribution in [2.45, 2.75) is 33.2 Å². The zero-order valence-electron chi connectivity index (χ0n) is 19.3. The number of aromatic nitrogens is 3. The summed E-state index contributed by atoms with van der Waals surface area (Å²) in [6.45, 7) is 5.94. The van der Waals surface area contributed by atoms with Crippen LogP contribution in [0.3, 0.4) is 0 Å². The zero-order chi connectivity index (χ0) is 24.9. The number of aromatic hydroxyl groups is 1.